The molecule has 0 amide bonds. The Kier molecular flexibility index (Phi) is 3.70. The molecular weight excluding hydrogens is 284 g/mol. The van der Waals surface area contributed by atoms with Crippen LogP contribution in [0.5, 0.6) is 0 Å². The van der Waals surface area contributed by atoms with Crippen LogP contribution >= 0.6 is 11.6 Å². The molecule has 0 aliphatic heterocycles. The van der Waals surface area contributed by atoms with Gasteiger partial charge in [-0.2, -0.15) is 0 Å². The lowest BCUT2D eigenvalue weighted by Gasteiger charge is -2.08. The standard InChI is InChI=1S/C17H17ClN2O/c1-11-8-15-16(9-12(11)2)20(6-7-21)17(19-15)13-4-3-5-14(18)10-13/h3-5,8-10,21H,6-7H2,1-2H3. The van der Waals surface area contributed by atoms with Crippen LogP contribution in [0.1, 0.15) is 11.1 Å². The summed E-state index contributed by atoms with van der Waals surface area (Å²) >= 11 is 6.09. The van der Waals surface area contributed by atoms with Gasteiger partial charge in [0.05, 0.1) is 17.6 Å². The van der Waals surface area contributed by atoms with Gasteiger partial charge in [-0.1, -0.05) is 23.7 Å². The number of nitrogens with zero attached hydrogens (tertiary/aromatic N) is 2. The number of aryl methyl sites for hydroxylation is 2. The molecule has 2 aromatic carbocycles. The Hall–Kier alpha value is -1.84. The van der Waals surface area contributed by atoms with Crippen molar-refractivity contribution in [3.05, 3.63) is 52.5 Å². The van der Waals surface area contributed by atoms with Crippen molar-refractivity contribution in [3.8, 4) is 11.4 Å². The molecule has 1 aromatic heterocycles. The van der Waals surface area contributed by atoms with E-state index in [9.17, 15) is 5.11 Å². The van der Waals surface area contributed by atoms with Crippen molar-refractivity contribution in [2.75, 3.05) is 6.61 Å². The molecule has 0 radical (unpaired) electrons. The van der Waals surface area contributed by atoms with Gasteiger partial charge in [-0.3, -0.25) is 0 Å². The second-order valence-corrected chi connectivity index (χ2v) is 5.68. The first-order valence-corrected chi connectivity index (χ1v) is 7.32. The van der Waals surface area contributed by atoms with Crippen LogP contribution in [0.25, 0.3) is 22.4 Å². The van der Waals surface area contributed by atoms with Crippen LogP contribution in [0.3, 0.4) is 0 Å². The van der Waals surface area contributed by atoms with E-state index in [1.165, 1.54) is 11.1 Å². The molecule has 1 N–H and O–H groups in total. The van der Waals surface area contributed by atoms with E-state index in [0.29, 0.717) is 11.6 Å². The van der Waals surface area contributed by atoms with E-state index in [2.05, 4.69) is 26.0 Å². The molecule has 0 saturated carbocycles. The third-order valence-corrected chi connectivity index (χ3v) is 4.01. The largest absolute Gasteiger partial charge is 0.395 e. The molecule has 3 nitrogen and oxygen atoms in total. The molecule has 108 valence electrons. The zero-order valence-electron chi connectivity index (χ0n) is 12.1. The van der Waals surface area contributed by atoms with Crippen LogP contribution in [0.15, 0.2) is 36.4 Å². The van der Waals surface area contributed by atoms with Crippen molar-refractivity contribution < 1.29 is 5.11 Å². The van der Waals surface area contributed by atoms with E-state index in [4.69, 9.17) is 16.6 Å². The number of benzene rings is 2. The Morgan fingerprint density at radius 2 is 1.90 bits per heavy atom. The monoisotopic (exact) mass is 300 g/mol. The Morgan fingerprint density at radius 1 is 1.14 bits per heavy atom. The Balaban J connectivity index is 2.28. The minimum Gasteiger partial charge on any atom is -0.395 e. The van der Waals surface area contributed by atoms with Gasteiger partial charge in [0.2, 0.25) is 0 Å². The first kappa shape index (κ1) is 14.1. The average molecular weight is 301 g/mol. The van der Waals surface area contributed by atoms with E-state index < -0.39 is 0 Å². The number of aliphatic hydroxyl groups is 1. The SMILES string of the molecule is Cc1cc2nc(-c3cccc(Cl)c3)n(CCO)c2cc1C. The topological polar surface area (TPSA) is 38.0 Å². The molecule has 0 aliphatic rings. The molecule has 21 heavy (non-hydrogen) atoms. The molecule has 3 aromatic rings. The van der Waals surface area contributed by atoms with E-state index >= 15 is 0 Å². The number of hydrogen-bond donors (Lipinski definition) is 1. The van der Waals surface area contributed by atoms with E-state index in [-0.39, 0.29) is 6.61 Å². The summed E-state index contributed by atoms with van der Waals surface area (Å²) in [6.45, 7) is 4.76. The Bertz CT molecular complexity index is 808. The zero-order valence-corrected chi connectivity index (χ0v) is 12.9. The van der Waals surface area contributed by atoms with Gasteiger partial charge in [0.15, 0.2) is 0 Å². The van der Waals surface area contributed by atoms with Crippen molar-refractivity contribution in [1.29, 1.82) is 0 Å². The number of halogens is 1. The Morgan fingerprint density at radius 3 is 2.62 bits per heavy atom. The summed E-state index contributed by atoms with van der Waals surface area (Å²) in [7, 11) is 0. The summed E-state index contributed by atoms with van der Waals surface area (Å²) in [5.74, 6) is 0.839. The van der Waals surface area contributed by atoms with Gasteiger partial charge >= 0.3 is 0 Å². The van der Waals surface area contributed by atoms with Gasteiger partial charge < -0.3 is 9.67 Å². The van der Waals surface area contributed by atoms with Gasteiger partial charge in [0.25, 0.3) is 0 Å². The predicted octanol–water partition coefficient (Wildman–Crippen LogP) is 3.97. The molecule has 0 unspecified atom stereocenters. The first-order valence-electron chi connectivity index (χ1n) is 6.94. The van der Waals surface area contributed by atoms with Crippen LogP contribution in [-0.4, -0.2) is 21.3 Å². The van der Waals surface area contributed by atoms with Crippen molar-refractivity contribution >= 4 is 22.6 Å². The maximum Gasteiger partial charge on any atom is 0.141 e. The summed E-state index contributed by atoms with van der Waals surface area (Å²) in [5, 5.41) is 10.1. The van der Waals surface area contributed by atoms with Gasteiger partial charge in [0, 0.05) is 17.1 Å². The highest BCUT2D eigenvalue weighted by molar-refractivity contribution is 6.30. The lowest BCUT2D eigenvalue weighted by atomic mass is 10.1. The number of aliphatic hydroxyl groups excluding tert-OH is 1. The molecule has 0 bridgehead atoms. The van der Waals surface area contributed by atoms with Gasteiger partial charge in [-0.25, -0.2) is 4.98 Å². The van der Waals surface area contributed by atoms with E-state index in [1.807, 2.05) is 28.8 Å². The van der Waals surface area contributed by atoms with Crippen molar-refractivity contribution in [2.45, 2.75) is 20.4 Å². The predicted molar refractivity (Wildman–Crippen MR) is 86.7 cm³/mol. The van der Waals surface area contributed by atoms with Gasteiger partial charge in [-0.15, -0.1) is 0 Å². The fourth-order valence-corrected chi connectivity index (χ4v) is 2.74. The summed E-state index contributed by atoms with van der Waals surface area (Å²) < 4.78 is 2.05. The molecule has 3 rings (SSSR count). The number of imidazole rings is 1. The first-order chi connectivity index (χ1) is 10.1. The van der Waals surface area contributed by atoms with E-state index in [1.54, 1.807) is 0 Å². The minimum absolute atomic E-state index is 0.0753. The normalized spacial score (nSPS) is 11.2. The second-order valence-electron chi connectivity index (χ2n) is 5.25. The summed E-state index contributed by atoms with van der Waals surface area (Å²) in [5.41, 5.74) is 5.39. The van der Waals surface area contributed by atoms with Crippen LogP contribution < -0.4 is 0 Å². The third-order valence-electron chi connectivity index (χ3n) is 3.77. The minimum atomic E-state index is 0.0753. The van der Waals surface area contributed by atoms with Crippen LogP contribution in [0.4, 0.5) is 0 Å². The highest BCUT2D eigenvalue weighted by Gasteiger charge is 2.13. The number of rotatable bonds is 3. The van der Waals surface area contributed by atoms with Crippen molar-refractivity contribution in [3.63, 3.8) is 0 Å². The molecule has 0 saturated heterocycles. The second kappa shape index (κ2) is 5.51. The number of hydrogen-bond acceptors (Lipinski definition) is 2. The molecular formula is C17H17ClN2O. The lowest BCUT2D eigenvalue weighted by Crippen LogP contribution is -2.04. The summed E-state index contributed by atoms with van der Waals surface area (Å²) in [4.78, 5) is 4.74. The van der Waals surface area contributed by atoms with Crippen LogP contribution in [-0.2, 0) is 6.54 Å². The molecule has 4 heteroatoms. The lowest BCUT2D eigenvalue weighted by molar-refractivity contribution is 0.278. The fraction of sp³-hybridized carbons (Fsp3) is 0.235. The number of fused-ring (bicyclic) bond motifs is 1. The Labute approximate surface area is 128 Å². The quantitative estimate of drug-likeness (QED) is 0.795. The molecule has 0 fully saturated rings. The molecule has 0 spiro atoms. The van der Waals surface area contributed by atoms with Gasteiger partial charge in [-0.05, 0) is 49.2 Å². The molecule has 1 heterocycles. The summed E-state index contributed by atoms with van der Waals surface area (Å²) in [6.07, 6.45) is 0. The highest BCUT2D eigenvalue weighted by Crippen LogP contribution is 2.28. The molecule has 0 aliphatic carbocycles. The molecule has 0 atom stereocenters. The van der Waals surface area contributed by atoms with E-state index in [0.717, 1.165) is 22.4 Å². The van der Waals surface area contributed by atoms with Crippen molar-refractivity contribution in [1.82, 2.24) is 9.55 Å². The fourth-order valence-electron chi connectivity index (χ4n) is 2.55. The third kappa shape index (κ3) is 2.55. The van der Waals surface area contributed by atoms with Gasteiger partial charge in [0.1, 0.15) is 5.82 Å². The van der Waals surface area contributed by atoms with Crippen LogP contribution in [0.2, 0.25) is 5.02 Å². The smallest absolute Gasteiger partial charge is 0.141 e. The van der Waals surface area contributed by atoms with Crippen LogP contribution in [0, 0.1) is 13.8 Å². The maximum atomic E-state index is 9.37. The highest BCUT2D eigenvalue weighted by atomic mass is 35.5. The summed E-state index contributed by atoms with van der Waals surface area (Å²) in [6, 6.07) is 11.9. The average Bonchev–Trinajstić information content (AvgIpc) is 2.78. The zero-order chi connectivity index (χ0) is 15.0. The number of aromatic nitrogens is 2. The maximum absolute atomic E-state index is 9.37. The van der Waals surface area contributed by atoms with Crippen molar-refractivity contribution in [2.24, 2.45) is 0 Å².